The number of nitrogen functional groups attached to an aromatic ring is 1. The number of para-hydroxylation sites is 2. The van der Waals surface area contributed by atoms with Crippen LogP contribution in [0.2, 0.25) is 0 Å². The number of esters is 1. The number of ether oxygens (including phenoxy) is 2. The molecule has 24 heavy (non-hydrogen) atoms. The second-order valence-corrected chi connectivity index (χ2v) is 5.12. The molecule has 2 aromatic carbocycles. The average Bonchev–Trinajstić information content (AvgIpc) is 2.59. The summed E-state index contributed by atoms with van der Waals surface area (Å²) in [6.07, 6.45) is -0.571. The van der Waals surface area contributed by atoms with Crippen molar-refractivity contribution in [3.63, 3.8) is 0 Å². The molecule has 0 aliphatic carbocycles. The van der Waals surface area contributed by atoms with E-state index in [9.17, 15) is 9.59 Å². The maximum absolute atomic E-state index is 12.4. The van der Waals surface area contributed by atoms with Crippen LogP contribution < -0.4 is 15.8 Å². The third-order valence-corrected chi connectivity index (χ3v) is 3.40. The first-order chi connectivity index (χ1) is 11.5. The minimum Gasteiger partial charge on any atom is -0.495 e. The number of nitrogens with one attached hydrogen (secondary N) is 1. The monoisotopic (exact) mass is 328 g/mol. The van der Waals surface area contributed by atoms with Gasteiger partial charge in [-0.1, -0.05) is 25.1 Å². The molecule has 0 bridgehead atoms. The molecule has 3 N–H and O–H groups in total. The Morgan fingerprint density at radius 3 is 2.58 bits per heavy atom. The first-order valence-corrected chi connectivity index (χ1v) is 7.55. The Kier molecular flexibility index (Phi) is 5.78. The van der Waals surface area contributed by atoms with E-state index in [2.05, 4.69) is 5.32 Å². The molecule has 2 aromatic rings. The van der Waals surface area contributed by atoms with Gasteiger partial charge < -0.3 is 20.5 Å². The maximum atomic E-state index is 12.4. The van der Waals surface area contributed by atoms with Crippen molar-refractivity contribution < 1.29 is 19.1 Å². The topological polar surface area (TPSA) is 90.7 Å². The normalized spacial score (nSPS) is 11.4. The molecule has 6 nitrogen and oxygen atoms in total. The number of methoxy groups -OCH3 is 1. The van der Waals surface area contributed by atoms with Crippen molar-refractivity contribution in [2.24, 2.45) is 0 Å². The van der Waals surface area contributed by atoms with Crippen LogP contribution in [0, 0.1) is 0 Å². The molecular formula is C18H20N2O4. The summed E-state index contributed by atoms with van der Waals surface area (Å²) in [6, 6.07) is 13.4. The Morgan fingerprint density at radius 2 is 1.92 bits per heavy atom. The van der Waals surface area contributed by atoms with Crippen LogP contribution in [0.1, 0.15) is 23.7 Å². The van der Waals surface area contributed by atoms with E-state index < -0.39 is 18.0 Å². The van der Waals surface area contributed by atoms with Crippen LogP contribution in [-0.2, 0) is 9.53 Å². The second kappa shape index (κ2) is 8.01. The fourth-order valence-corrected chi connectivity index (χ4v) is 2.15. The van der Waals surface area contributed by atoms with E-state index in [0.29, 0.717) is 29.1 Å². The van der Waals surface area contributed by atoms with E-state index in [0.717, 1.165) is 0 Å². The van der Waals surface area contributed by atoms with Crippen LogP contribution in [0.5, 0.6) is 5.75 Å². The summed E-state index contributed by atoms with van der Waals surface area (Å²) in [4.78, 5) is 24.5. The molecule has 0 spiro atoms. The number of hydrogen-bond acceptors (Lipinski definition) is 5. The number of carbonyl (C=O) groups excluding carboxylic acids is 2. The lowest BCUT2D eigenvalue weighted by Gasteiger charge is -2.17. The highest BCUT2D eigenvalue weighted by Gasteiger charge is 2.23. The zero-order valence-corrected chi connectivity index (χ0v) is 13.6. The summed E-state index contributed by atoms with van der Waals surface area (Å²) in [6.45, 7) is 1.76. The summed E-state index contributed by atoms with van der Waals surface area (Å²) in [5, 5.41) is 2.71. The zero-order valence-electron chi connectivity index (χ0n) is 13.6. The summed E-state index contributed by atoms with van der Waals surface area (Å²) < 4.78 is 10.5. The molecule has 0 aromatic heterocycles. The van der Waals surface area contributed by atoms with E-state index in [-0.39, 0.29) is 0 Å². The number of benzene rings is 2. The third kappa shape index (κ3) is 4.25. The smallest absolute Gasteiger partial charge is 0.338 e. The molecule has 0 heterocycles. The lowest BCUT2D eigenvalue weighted by atomic mass is 10.2. The first-order valence-electron chi connectivity index (χ1n) is 7.55. The SMILES string of the molecule is CCC(OC(=O)c1cccc(N)c1)C(=O)Nc1ccccc1OC. The fourth-order valence-electron chi connectivity index (χ4n) is 2.15. The molecule has 0 saturated carbocycles. The summed E-state index contributed by atoms with van der Waals surface area (Å²) >= 11 is 0. The molecule has 0 radical (unpaired) electrons. The van der Waals surface area contributed by atoms with Gasteiger partial charge in [0.25, 0.3) is 5.91 Å². The lowest BCUT2D eigenvalue weighted by molar-refractivity contribution is -0.124. The van der Waals surface area contributed by atoms with Crippen LogP contribution in [0.15, 0.2) is 48.5 Å². The molecule has 0 saturated heterocycles. The molecule has 6 heteroatoms. The minimum absolute atomic E-state index is 0.304. The predicted molar refractivity (Wildman–Crippen MR) is 92.0 cm³/mol. The van der Waals surface area contributed by atoms with Crippen molar-refractivity contribution in [3.8, 4) is 5.75 Å². The maximum Gasteiger partial charge on any atom is 0.338 e. The standard InChI is InChI=1S/C18H20N2O4/c1-3-15(24-18(22)12-7-6-8-13(19)11-12)17(21)20-14-9-4-5-10-16(14)23-2/h4-11,15H,3,19H2,1-2H3,(H,20,21). The molecule has 0 aliphatic rings. The van der Waals surface area contributed by atoms with Crippen molar-refractivity contribution in [2.75, 3.05) is 18.2 Å². The van der Waals surface area contributed by atoms with Crippen molar-refractivity contribution in [3.05, 3.63) is 54.1 Å². The molecular weight excluding hydrogens is 308 g/mol. The Morgan fingerprint density at radius 1 is 1.17 bits per heavy atom. The van der Waals surface area contributed by atoms with Gasteiger partial charge in [0.15, 0.2) is 6.10 Å². The second-order valence-electron chi connectivity index (χ2n) is 5.12. The van der Waals surface area contributed by atoms with E-state index in [1.165, 1.54) is 13.2 Å². The van der Waals surface area contributed by atoms with Gasteiger partial charge in [0.05, 0.1) is 18.4 Å². The fraction of sp³-hybridized carbons (Fsp3) is 0.222. The van der Waals surface area contributed by atoms with Crippen molar-refractivity contribution >= 4 is 23.3 Å². The number of nitrogens with two attached hydrogens (primary N) is 1. The van der Waals surface area contributed by atoms with Gasteiger partial charge >= 0.3 is 5.97 Å². The highest BCUT2D eigenvalue weighted by atomic mass is 16.5. The predicted octanol–water partition coefficient (Wildman–Crippen LogP) is 2.85. The Hall–Kier alpha value is -3.02. The van der Waals surface area contributed by atoms with Crippen LogP contribution in [-0.4, -0.2) is 25.1 Å². The lowest BCUT2D eigenvalue weighted by Crippen LogP contribution is -2.32. The van der Waals surface area contributed by atoms with Crippen molar-refractivity contribution in [1.29, 1.82) is 0 Å². The van der Waals surface area contributed by atoms with E-state index in [1.54, 1.807) is 49.4 Å². The zero-order chi connectivity index (χ0) is 17.5. The van der Waals surface area contributed by atoms with Crippen molar-refractivity contribution in [2.45, 2.75) is 19.4 Å². The molecule has 126 valence electrons. The number of carbonyl (C=O) groups is 2. The summed E-state index contributed by atoms with van der Waals surface area (Å²) in [5.74, 6) is -0.480. The summed E-state index contributed by atoms with van der Waals surface area (Å²) in [7, 11) is 1.52. The number of amides is 1. The Bertz CT molecular complexity index is 730. The van der Waals surface area contributed by atoms with Crippen LogP contribution in [0.3, 0.4) is 0 Å². The highest BCUT2D eigenvalue weighted by molar-refractivity contribution is 5.98. The minimum atomic E-state index is -0.913. The van der Waals surface area contributed by atoms with Crippen LogP contribution >= 0.6 is 0 Å². The van der Waals surface area contributed by atoms with E-state index >= 15 is 0 Å². The molecule has 0 aliphatic heterocycles. The highest BCUT2D eigenvalue weighted by Crippen LogP contribution is 2.23. The molecule has 1 unspecified atom stereocenters. The van der Waals surface area contributed by atoms with Crippen LogP contribution in [0.25, 0.3) is 0 Å². The van der Waals surface area contributed by atoms with Gasteiger partial charge in [-0.2, -0.15) is 0 Å². The van der Waals surface area contributed by atoms with E-state index in [1.807, 2.05) is 0 Å². The number of hydrogen-bond donors (Lipinski definition) is 2. The quantitative estimate of drug-likeness (QED) is 0.628. The average molecular weight is 328 g/mol. The van der Waals surface area contributed by atoms with Gasteiger partial charge in [0.2, 0.25) is 0 Å². The van der Waals surface area contributed by atoms with Gasteiger partial charge in [-0.15, -0.1) is 0 Å². The Balaban J connectivity index is 2.07. The van der Waals surface area contributed by atoms with Gasteiger partial charge in [-0.25, -0.2) is 4.79 Å². The molecule has 0 fully saturated rings. The van der Waals surface area contributed by atoms with Gasteiger partial charge in [0.1, 0.15) is 5.75 Å². The van der Waals surface area contributed by atoms with Crippen molar-refractivity contribution in [1.82, 2.24) is 0 Å². The summed E-state index contributed by atoms with van der Waals surface area (Å²) in [5.41, 5.74) is 6.93. The van der Waals surface area contributed by atoms with E-state index in [4.69, 9.17) is 15.2 Å². The third-order valence-electron chi connectivity index (χ3n) is 3.40. The number of rotatable bonds is 6. The largest absolute Gasteiger partial charge is 0.495 e. The van der Waals surface area contributed by atoms with Gasteiger partial charge in [-0.05, 0) is 36.8 Å². The van der Waals surface area contributed by atoms with Gasteiger partial charge in [0, 0.05) is 5.69 Å². The molecule has 2 rings (SSSR count). The molecule has 1 atom stereocenters. The number of anilines is 2. The Labute approximate surface area is 140 Å². The van der Waals surface area contributed by atoms with Crippen LogP contribution in [0.4, 0.5) is 11.4 Å². The first kappa shape index (κ1) is 17.3. The van der Waals surface area contributed by atoms with Gasteiger partial charge in [-0.3, -0.25) is 4.79 Å². The molecule has 1 amide bonds.